The average molecular weight is 278 g/mol. The van der Waals surface area contributed by atoms with Crippen LogP contribution in [0.2, 0.25) is 0 Å². The van der Waals surface area contributed by atoms with Crippen LogP contribution in [-0.2, 0) is 0 Å². The maximum atomic E-state index is 5.34. The van der Waals surface area contributed by atoms with Gasteiger partial charge in [0.2, 0.25) is 0 Å². The Kier molecular flexibility index (Phi) is 3.44. The molecule has 0 saturated carbocycles. The molecular weight excluding hydrogens is 264 g/mol. The zero-order valence-corrected chi connectivity index (χ0v) is 12.0. The van der Waals surface area contributed by atoms with E-state index in [1.54, 1.807) is 6.33 Å². The molecule has 0 amide bonds. The molecule has 2 nitrogen and oxygen atoms in total. The monoisotopic (exact) mass is 278 g/mol. The number of aryl methyl sites for hydroxylation is 1. The standard InChI is InChI=1S/C17H14N2S/c1-13-7-9-15(10-8-13)19-11-16(17(20)18-12-19)14-5-3-2-4-6-14/h2-12H,1H3. The number of aromatic nitrogens is 2. The maximum absolute atomic E-state index is 5.34. The van der Waals surface area contributed by atoms with E-state index < -0.39 is 0 Å². The van der Waals surface area contributed by atoms with Crippen molar-refractivity contribution in [2.45, 2.75) is 6.92 Å². The average Bonchev–Trinajstić information content (AvgIpc) is 2.50. The van der Waals surface area contributed by atoms with Crippen molar-refractivity contribution < 1.29 is 0 Å². The lowest BCUT2D eigenvalue weighted by molar-refractivity contribution is 0.977. The second-order valence-electron chi connectivity index (χ2n) is 4.70. The summed E-state index contributed by atoms with van der Waals surface area (Å²) in [6.45, 7) is 2.08. The molecule has 0 atom stereocenters. The van der Waals surface area contributed by atoms with E-state index in [2.05, 4.69) is 36.2 Å². The molecule has 3 heteroatoms. The summed E-state index contributed by atoms with van der Waals surface area (Å²) in [6.07, 6.45) is 3.80. The molecule has 20 heavy (non-hydrogen) atoms. The Labute approximate surface area is 123 Å². The minimum Gasteiger partial charge on any atom is -0.307 e. The van der Waals surface area contributed by atoms with Gasteiger partial charge in [-0.05, 0) is 24.6 Å². The highest BCUT2D eigenvalue weighted by molar-refractivity contribution is 7.71. The van der Waals surface area contributed by atoms with Gasteiger partial charge in [-0.3, -0.25) is 0 Å². The van der Waals surface area contributed by atoms with Crippen LogP contribution >= 0.6 is 12.2 Å². The van der Waals surface area contributed by atoms with Gasteiger partial charge in [-0.25, -0.2) is 4.98 Å². The molecule has 0 aliphatic heterocycles. The number of hydrogen-bond acceptors (Lipinski definition) is 2. The normalized spacial score (nSPS) is 10.4. The number of nitrogens with zero attached hydrogens (tertiary/aromatic N) is 2. The van der Waals surface area contributed by atoms with Crippen molar-refractivity contribution in [2.75, 3.05) is 0 Å². The van der Waals surface area contributed by atoms with Crippen LogP contribution in [0.15, 0.2) is 67.1 Å². The summed E-state index contributed by atoms with van der Waals surface area (Å²) in [5, 5.41) is 0. The Morgan fingerprint density at radius 2 is 1.65 bits per heavy atom. The van der Waals surface area contributed by atoms with Crippen LogP contribution in [0.25, 0.3) is 16.8 Å². The van der Waals surface area contributed by atoms with Crippen molar-refractivity contribution in [2.24, 2.45) is 0 Å². The Morgan fingerprint density at radius 1 is 0.950 bits per heavy atom. The zero-order valence-electron chi connectivity index (χ0n) is 11.2. The fraction of sp³-hybridized carbons (Fsp3) is 0.0588. The Morgan fingerprint density at radius 3 is 2.35 bits per heavy atom. The molecule has 0 radical (unpaired) electrons. The number of hydrogen-bond donors (Lipinski definition) is 0. The molecule has 0 saturated heterocycles. The molecule has 0 aliphatic carbocycles. The summed E-state index contributed by atoms with van der Waals surface area (Å²) in [6, 6.07) is 18.4. The van der Waals surface area contributed by atoms with Crippen LogP contribution in [0.4, 0.5) is 0 Å². The highest BCUT2D eigenvalue weighted by atomic mass is 32.1. The Balaban J connectivity index is 2.12. The molecular formula is C17H14N2S. The van der Waals surface area contributed by atoms with Crippen LogP contribution in [0.5, 0.6) is 0 Å². The summed E-state index contributed by atoms with van der Waals surface area (Å²) >= 11 is 5.34. The van der Waals surface area contributed by atoms with Gasteiger partial charge >= 0.3 is 0 Å². The van der Waals surface area contributed by atoms with Gasteiger partial charge in [0.15, 0.2) is 0 Å². The quantitative estimate of drug-likeness (QED) is 0.639. The van der Waals surface area contributed by atoms with Gasteiger partial charge in [-0.15, -0.1) is 0 Å². The van der Waals surface area contributed by atoms with Gasteiger partial charge < -0.3 is 4.57 Å². The SMILES string of the molecule is Cc1ccc(-n2cnc(=S)c(-c3ccccc3)c2)cc1. The molecule has 0 spiro atoms. The van der Waals surface area contributed by atoms with E-state index >= 15 is 0 Å². The first-order valence-corrected chi connectivity index (χ1v) is 6.85. The second kappa shape index (κ2) is 5.39. The molecule has 0 aliphatic rings. The van der Waals surface area contributed by atoms with Gasteiger partial charge in [0.1, 0.15) is 11.0 Å². The summed E-state index contributed by atoms with van der Waals surface area (Å²) in [5.74, 6) is 0. The van der Waals surface area contributed by atoms with Crippen molar-refractivity contribution in [3.05, 3.63) is 77.3 Å². The lowest BCUT2D eigenvalue weighted by Crippen LogP contribution is -1.98. The maximum Gasteiger partial charge on any atom is 0.137 e. The molecule has 2 aromatic carbocycles. The highest BCUT2D eigenvalue weighted by Gasteiger charge is 2.03. The minimum atomic E-state index is 0.625. The van der Waals surface area contributed by atoms with E-state index in [-0.39, 0.29) is 0 Å². The predicted octanol–water partition coefficient (Wildman–Crippen LogP) is 4.58. The lowest BCUT2D eigenvalue weighted by atomic mass is 10.1. The highest BCUT2D eigenvalue weighted by Crippen LogP contribution is 2.20. The third kappa shape index (κ3) is 2.53. The third-order valence-electron chi connectivity index (χ3n) is 3.21. The van der Waals surface area contributed by atoms with Gasteiger partial charge in [-0.2, -0.15) is 0 Å². The lowest BCUT2D eigenvalue weighted by Gasteiger charge is -2.09. The minimum absolute atomic E-state index is 0.625. The smallest absolute Gasteiger partial charge is 0.137 e. The second-order valence-corrected chi connectivity index (χ2v) is 5.09. The molecule has 0 bridgehead atoms. The van der Waals surface area contributed by atoms with Gasteiger partial charge in [0, 0.05) is 17.4 Å². The molecule has 1 aromatic heterocycles. The van der Waals surface area contributed by atoms with E-state index in [1.165, 1.54) is 5.56 Å². The molecule has 1 heterocycles. The van der Waals surface area contributed by atoms with E-state index in [9.17, 15) is 0 Å². The summed E-state index contributed by atoms with van der Waals surface area (Å²) in [5.41, 5.74) is 4.39. The first kappa shape index (κ1) is 12.8. The molecule has 0 unspecified atom stereocenters. The van der Waals surface area contributed by atoms with Gasteiger partial charge in [-0.1, -0.05) is 60.2 Å². The summed E-state index contributed by atoms with van der Waals surface area (Å²) in [4.78, 5) is 4.33. The van der Waals surface area contributed by atoms with E-state index in [0.717, 1.165) is 16.8 Å². The first-order valence-electron chi connectivity index (χ1n) is 6.45. The van der Waals surface area contributed by atoms with Crippen LogP contribution in [0, 0.1) is 11.6 Å². The van der Waals surface area contributed by atoms with E-state index in [0.29, 0.717) is 4.64 Å². The first-order chi connectivity index (χ1) is 9.74. The summed E-state index contributed by atoms with van der Waals surface area (Å²) < 4.78 is 2.62. The zero-order chi connectivity index (χ0) is 13.9. The predicted molar refractivity (Wildman–Crippen MR) is 84.6 cm³/mol. The van der Waals surface area contributed by atoms with Crippen molar-refractivity contribution in [1.29, 1.82) is 0 Å². The van der Waals surface area contributed by atoms with Gasteiger partial charge in [0.25, 0.3) is 0 Å². The van der Waals surface area contributed by atoms with Crippen molar-refractivity contribution in [3.8, 4) is 16.8 Å². The molecule has 0 fully saturated rings. The topological polar surface area (TPSA) is 17.8 Å². The fourth-order valence-electron chi connectivity index (χ4n) is 2.09. The van der Waals surface area contributed by atoms with Crippen molar-refractivity contribution in [3.63, 3.8) is 0 Å². The summed E-state index contributed by atoms with van der Waals surface area (Å²) in [7, 11) is 0. The largest absolute Gasteiger partial charge is 0.307 e. The van der Waals surface area contributed by atoms with Crippen LogP contribution in [0.3, 0.4) is 0 Å². The van der Waals surface area contributed by atoms with Crippen molar-refractivity contribution >= 4 is 12.2 Å². The Hall–Kier alpha value is -2.26. The molecule has 3 aromatic rings. The number of rotatable bonds is 2. The van der Waals surface area contributed by atoms with Crippen LogP contribution in [-0.4, -0.2) is 9.55 Å². The van der Waals surface area contributed by atoms with Crippen LogP contribution in [0.1, 0.15) is 5.56 Å². The van der Waals surface area contributed by atoms with E-state index in [1.807, 2.05) is 41.1 Å². The third-order valence-corrected chi connectivity index (χ3v) is 3.54. The Bertz CT molecular complexity index is 774. The van der Waals surface area contributed by atoms with E-state index in [4.69, 9.17) is 12.2 Å². The molecule has 3 rings (SSSR count). The fourth-order valence-corrected chi connectivity index (χ4v) is 2.30. The van der Waals surface area contributed by atoms with Gasteiger partial charge in [0.05, 0.1) is 0 Å². The molecule has 0 N–H and O–H groups in total. The molecule has 98 valence electrons. The van der Waals surface area contributed by atoms with Crippen LogP contribution < -0.4 is 0 Å². The van der Waals surface area contributed by atoms with Crippen molar-refractivity contribution in [1.82, 2.24) is 9.55 Å². The number of benzene rings is 2.